The van der Waals surface area contributed by atoms with Crippen LogP contribution in [0.5, 0.6) is 0 Å². The summed E-state index contributed by atoms with van der Waals surface area (Å²) < 4.78 is 2.04. The van der Waals surface area contributed by atoms with E-state index in [1.165, 1.54) is 6.33 Å². The molecule has 2 heterocycles. The summed E-state index contributed by atoms with van der Waals surface area (Å²) in [4.78, 5) is 24.4. The Morgan fingerprint density at radius 2 is 2.04 bits per heavy atom. The first-order valence-electron chi connectivity index (χ1n) is 8.49. The summed E-state index contributed by atoms with van der Waals surface area (Å²) in [7, 11) is 0. The largest absolute Gasteiger partial charge is 0.369 e. The van der Waals surface area contributed by atoms with Crippen LogP contribution in [-0.4, -0.2) is 38.5 Å². The molecule has 0 bridgehead atoms. The molecule has 0 fully saturated rings. The van der Waals surface area contributed by atoms with E-state index in [0.29, 0.717) is 19.5 Å². The minimum absolute atomic E-state index is 0.0495. The fourth-order valence-electron chi connectivity index (χ4n) is 2.59. The van der Waals surface area contributed by atoms with Gasteiger partial charge in [0.2, 0.25) is 5.91 Å². The van der Waals surface area contributed by atoms with E-state index in [2.05, 4.69) is 25.6 Å². The SMILES string of the molecule is O=C(CCNc1ncnc2ccccc12)NCCCCn1ccnc1. The van der Waals surface area contributed by atoms with Crippen molar-refractivity contribution in [1.29, 1.82) is 0 Å². The molecule has 2 N–H and O–H groups in total. The number of nitrogens with one attached hydrogen (secondary N) is 2. The first-order chi connectivity index (χ1) is 12.3. The molecule has 0 saturated heterocycles. The number of para-hydroxylation sites is 1. The fraction of sp³-hybridized carbons (Fsp3) is 0.333. The highest BCUT2D eigenvalue weighted by molar-refractivity contribution is 5.88. The Labute approximate surface area is 146 Å². The van der Waals surface area contributed by atoms with Gasteiger partial charge >= 0.3 is 0 Å². The van der Waals surface area contributed by atoms with Crippen LogP contribution in [0, 0.1) is 0 Å². The number of fused-ring (bicyclic) bond motifs is 1. The zero-order valence-electron chi connectivity index (χ0n) is 14.1. The molecule has 0 unspecified atom stereocenters. The number of aromatic nitrogens is 4. The lowest BCUT2D eigenvalue weighted by Gasteiger charge is -2.09. The van der Waals surface area contributed by atoms with E-state index in [1.807, 2.05) is 35.0 Å². The van der Waals surface area contributed by atoms with Crippen molar-refractivity contribution < 1.29 is 4.79 Å². The summed E-state index contributed by atoms with van der Waals surface area (Å²) in [6.07, 6.45) is 9.44. The van der Waals surface area contributed by atoms with Crippen LogP contribution >= 0.6 is 0 Å². The molecule has 7 heteroatoms. The lowest BCUT2D eigenvalue weighted by molar-refractivity contribution is -0.120. The average Bonchev–Trinajstić information content (AvgIpc) is 3.15. The van der Waals surface area contributed by atoms with Gasteiger partial charge in [0, 0.05) is 43.8 Å². The third-order valence-corrected chi connectivity index (χ3v) is 3.91. The van der Waals surface area contributed by atoms with Gasteiger partial charge in [0.15, 0.2) is 0 Å². The highest BCUT2D eigenvalue weighted by Gasteiger charge is 2.04. The molecule has 3 rings (SSSR count). The normalized spacial score (nSPS) is 10.7. The first kappa shape index (κ1) is 16.9. The molecule has 0 radical (unpaired) electrons. The minimum Gasteiger partial charge on any atom is -0.369 e. The number of aryl methyl sites for hydroxylation is 1. The summed E-state index contributed by atoms with van der Waals surface area (Å²) in [5.41, 5.74) is 0.891. The minimum atomic E-state index is 0.0495. The number of nitrogens with zero attached hydrogens (tertiary/aromatic N) is 4. The third-order valence-electron chi connectivity index (χ3n) is 3.91. The van der Waals surface area contributed by atoms with Crippen molar-refractivity contribution in [3.63, 3.8) is 0 Å². The van der Waals surface area contributed by atoms with Gasteiger partial charge in [-0.15, -0.1) is 0 Å². The lowest BCUT2D eigenvalue weighted by Crippen LogP contribution is -2.26. The van der Waals surface area contributed by atoms with Crippen LogP contribution in [0.25, 0.3) is 10.9 Å². The molecular formula is C18H22N6O. The van der Waals surface area contributed by atoms with E-state index in [0.717, 1.165) is 36.1 Å². The van der Waals surface area contributed by atoms with Crippen LogP contribution < -0.4 is 10.6 Å². The van der Waals surface area contributed by atoms with Crippen molar-refractivity contribution >= 4 is 22.6 Å². The van der Waals surface area contributed by atoms with E-state index < -0.39 is 0 Å². The number of anilines is 1. The zero-order valence-corrected chi connectivity index (χ0v) is 14.1. The van der Waals surface area contributed by atoms with E-state index >= 15 is 0 Å². The molecule has 7 nitrogen and oxygen atoms in total. The Hall–Kier alpha value is -2.96. The molecule has 1 amide bonds. The number of hydrogen-bond acceptors (Lipinski definition) is 5. The van der Waals surface area contributed by atoms with Gasteiger partial charge in [-0.05, 0) is 25.0 Å². The van der Waals surface area contributed by atoms with Crippen LogP contribution in [-0.2, 0) is 11.3 Å². The Morgan fingerprint density at radius 3 is 2.92 bits per heavy atom. The van der Waals surface area contributed by atoms with Gasteiger partial charge < -0.3 is 15.2 Å². The van der Waals surface area contributed by atoms with Gasteiger partial charge in [0.1, 0.15) is 12.1 Å². The van der Waals surface area contributed by atoms with Crippen molar-refractivity contribution in [2.24, 2.45) is 0 Å². The number of hydrogen-bond donors (Lipinski definition) is 2. The molecule has 3 aromatic rings. The molecular weight excluding hydrogens is 316 g/mol. The predicted octanol–water partition coefficient (Wildman–Crippen LogP) is 2.22. The lowest BCUT2D eigenvalue weighted by atomic mass is 10.2. The summed E-state index contributed by atoms with van der Waals surface area (Å²) >= 11 is 0. The molecule has 1 aromatic carbocycles. The van der Waals surface area contributed by atoms with Crippen molar-refractivity contribution in [1.82, 2.24) is 24.8 Å². The van der Waals surface area contributed by atoms with Crippen molar-refractivity contribution in [2.75, 3.05) is 18.4 Å². The molecule has 0 aliphatic rings. The number of benzene rings is 1. The molecule has 0 saturated carbocycles. The van der Waals surface area contributed by atoms with Crippen molar-refractivity contribution in [2.45, 2.75) is 25.8 Å². The molecule has 0 atom stereocenters. The molecule has 0 aliphatic heterocycles. The van der Waals surface area contributed by atoms with Gasteiger partial charge in [-0.3, -0.25) is 4.79 Å². The van der Waals surface area contributed by atoms with Crippen LogP contribution in [0.2, 0.25) is 0 Å². The second-order valence-corrected chi connectivity index (χ2v) is 5.77. The van der Waals surface area contributed by atoms with Crippen molar-refractivity contribution in [3.05, 3.63) is 49.3 Å². The predicted molar refractivity (Wildman–Crippen MR) is 97.1 cm³/mol. The molecule has 0 aliphatic carbocycles. The number of imidazole rings is 1. The second kappa shape index (κ2) is 8.77. The Bertz CT molecular complexity index is 797. The van der Waals surface area contributed by atoms with Crippen LogP contribution in [0.15, 0.2) is 49.3 Å². The van der Waals surface area contributed by atoms with Crippen molar-refractivity contribution in [3.8, 4) is 0 Å². The number of carbonyl (C=O) groups excluding carboxylic acids is 1. The Morgan fingerprint density at radius 1 is 1.12 bits per heavy atom. The van der Waals surface area contributed by atoms with E-state index in [9.17, 15) is 4.79 Å². The smallest absolute Gasteiger partial charge is 0.221 e. The molecule has 25 heavy (non-hydrogen) atoms. The third kappa shape index (κ3) is 5.00. The summed E-state index contributed by atoms with van der Waals surface area (Å²) in [5.74, 6) is 0.812. The van der Waals surface area contributed by atoms with Gasteiger partial charge in [0.05, 0.1) is 11.8 Å². The highest BCUT2D eigenvalue weighted by Crippen LogP contribution is 2.17. The molecule has 2 aromatic heterocycles. The van der Waals surface area contributed by atoms with Gasteiger partial charge in [-0.1, -0.05) is 12.1 Å². The number of carbonyl (C=O) groups is 1. The summed E-state index contributed by atoms with van der Waals surface area (Å²) in [6, 6.07) is 7.81. The monoisotopic (exact) mass is 338 g/mol. The maximum Gasteiger partial charge on any atom is 0.221 e. The number of amides is 1. The van der Waals surface area contributed by atoms with Crippen LogP contribution in [0.1, 0.15) is 19.3 Å². The maximum absolute atomic E-state index is 11.9. The number of rotatable bonds is 9. The van der Waals surface area contributed by atoms with E-state index in [4.69, 9.17) is 0 Å². The fourth-order valence-corrected chi connectivity index (χ4v) is 2.59. The first-order valence-corrected chi connectivity index (χ1v) is 8.49. The average molecular weight is 338 g/mol. The topological polar surface area (TPSA) is 84.7 Å². The van der Waals surface area contributed by atoms with E-state index in [-0.39, 0.29) is 5.91 Å². The van der Waals surface area contributed by atoms with Crippen LogP contribution in [0.4, 0.5) is 5.82 Å². The quantitative estimate of drug-likeness (QED) is 0.585. The number of unbranched alkanes of at least 4 members (excludes halogenated alkanes) is 1. The van der Waals surface area contributed by atoms with E-state index in [1.54, 1.807) is 12.5 Å². The standard InChI is InChI=1S/C18H22N6O/c25-17(20-8-3-4-11-24-12-10-19-14-24)7-9-21-18-15-5-1-2-6-16(15)22-13-23-18/h1-2,5-6,10,12-14H,3-4,7-9,11H2,(H,20,25)(H,21,22,23). The second-order valence-electron chi connectivity index (χ2n) is 5.77. The summed E-state index contributed by atoms with van der Waals surface area (Å²) in [6.45, 7) is 2.17. The van der Waals surface area contributed by atoms with Gasteiger partial charge in [0.25, 0.3) is 0 Å². The Balaban J connectivity index is 1.33. The Kier molecular flexibility index (Phi) is 5.92. The van der Waals surface area contributed by atoms with Crippen LogP contribution in [0.3, 0.4) is 0 Å². The zero-order chi connectivity index (χ0) is 17.3. The highest BCUT2D eigenvalue weighted by atomic mass is 16.1. The maximum atomic E-state index is 11.9. The van der Waals surface area contributed by atoms with Gasteiger partial charge in [-0.25, -0.2) is 15.0 Å². The summed E-state index contributed by atoms with van der Waals surface area (Å²) in [5, 5.41) is 7.13. The molecule has 0 spiro atoms. The molecule has 130 valence electrons. The van der Waals surface area contributed by atoms with Gasteiger partial charge in [-0.2, -0.15) is 0 Å².